The number of amides is 1. The molecule has 4 atom stereocenters. The second kappa shape index (κ2) is 6.16. The first-order valence-corrected chi connectivity index (χ1v) is 7.88. The molecule has 0 bridgehead atoms. The number of carbonyl (C=O) groups excluding carboxylic acids is 1. The fraction of sp³-hybridized carbons (Fsp3) is 0.588. The van der Waals surface area contributed by atoms with Crippen LogP contribution in [0.4, 0.5) is 0 Å². The summed E-state index contributed by atoms with van der Waals surface area (Å²) < 4.78 is 6.02. The van der Waals surface area contributed by atoms with Gasteiger partial charge in [0.25, 0.3) is 0 Å². The van der Waals surface area contributed by atoms with Crippen LogP contribution in [-0.4, -0.2) is 36.0 Å². The van der Waals surface area contributed by atoms with Crippen LogP contribution in [-0.2, 0) is 9.53 Å². The summed E-state index contributed by atoms with van der Waals surface area (Å²) in [5, 5.41) is 0. The van der Waals surface area contributed by atoms with Crippen LogP contribution in [0, 0.1) is 5.92 Å². The molecule has 1 aromatic rings. The first-order valence-electron chi connectivity index (χ1n) is 7.88. The van der Waals surface area contributed by atoms with E-state index in [2.05, 4.69) is 12.1 Å². The summed E-state index contributed by atoms with van der Waals surface area (Å²) in [4.78, 5) is 14.7. The third kappa shape index (κ3) is 3.27. The molecule has 3 rings (SSSR count). The summed E-state index contributed by atoms with van der Waals surface area (Å²) >= 11 is 0. The molecular formula is C17H24N2O2. The second-order valence-corrected chi connectivity index (χ2v) is 6.36. The van der Waals surface area contributed by atoms with Gasteiger partial charge in [0.2, 0.25) is 5.91 Å². The quantitative estimate of drug-likeness (QED) is 0.906. The zero-order valence-electron chi connectivity index (χ0n) is 12.6. The number of nitrogens with two attached hydrogens (primary N) is 1. The summed E-state index contributed by atoms with van der Waals surface area (Å²) in [5.41, 5.74) is 7.09. The minimum absolute atomic E-state index is 0.0195. The smallest absolute Gasteiger partial charge is 0.225 e. The molecule has 114 valence electrons. The molecule has 0 aromatic heterocycles. The average molecular weight is 288 g/mol. The van der Waals surface area contributed by atoms with E-state index in [4.69, 9.17) is 10.5 Å². The first kappa shape index (κ1) is 14.5. The Bertz CT molecular complexity index is 491. The van der Waals surface area contributed by atoms with Crippen LogP contribution in [0.1, 0.15) is 37.9 Å². The zero-order chi connectivity index (χ0) is 14.8. The van der Waals surface area contributed by atoms with Crippen LogP contribution in [0.15, 0.2) is 30.3 Å². The highest BCUT2D eigenvalue weighted by Crippen LogP contribution is 2.30. The van der Waals surface area contributed by atoms with Crippen LogP contribution in [0.3, 0.4) is 0 Å². The molecule has 1 heterocycles. The fourth-order valence-corrected chi connectivity index (χ4v) is 3.48. The number of ether oxygens (including phenoxy) is 1. The summed E-state index contributed by atoms with van der Waals surface area (Å²) in [6.45, 7) is 3.38. The third-order valence-corrected chi connectivity index (χ3v) is 4.57. The molecule has 4 nitrogen and oxygen atoms in total. The Morgan fingerprint density at radius 1 is 1.24 bits per heavy atom. The molecular weight excluding hydrogens is 264 g/mol. The van der Waals surface area contributed by atoms with Gasteiger partial charge in [0.15, 0.2) is 0 Å². The van der Waals surface area contributed by atoms with Crippen molar-refractivity contribution in [3.05, 3.63) is 35.9 Å². The fourth-order valence-electron chi connectivity index (χ4n) is 3.48. The summed E-state index contributed by atoms with van der Waals surface area (Å²) in [6, 6.07) is 10.4. The van der Waals surface area contributed by atoms with Crippen molar-refractivity contribution in [1.29, 1.82) is 0 Å². The Morgan fingerprint density at radius 3 is 2.67 bits per heavy atom. The van der Waals surface area contributed by atoms with Gasteiger partial charge in [-0.2, -0.15) is 0 Å². The van der Waals surface area contributed by atoms with Crippen molar-refractivity contribution in [3.8, 4) is 0 Å². The van der Waals surface area contributed by atoms with Gasteiger partial charge in [-0.25, -0.2) is 0 Å². The van der Waals surface area contributed by atoms with E-state index in [0.29, 0.717) is 13.1 Å². The molecule has 2 N–H and O–H groups in total. The maximum absolute atomic E-state index is 12.7. The van der Waals surface area contributed by atoms with Gasteiger partial charge in [-0.3, -0.25) is 4.79 Å². The van der Waals surface area contributed by atoms with E-state index >= 15 is 0 Å². The van der Waals surface area contributed by atoms with Crippen molar-refractivity contribution < 1.29 is 9.53 Å². The van der Waals surface area contributed by atoms with Gasteiger partial charge in [0.1, 0.15) is 6.10 Å². The molecule has 0 radical (unpaired) electrons. The maximum Gasteiger partial charge on any atom is 0.225 e. The molecule has 4 heteroatoms. The van der Waals surface area contributed by atoms with E-state index in [1.807, 2.05) is 30.0 Å². The predicted molar refractivity (Wildman–Crippen MR) is 81.6 cm³/mol. The minimum atomic E-state index is -0.0195. The van der Waals surface area contributed by atoms with Crippen molar-refractivity contribution in [1.82, 2.24) is 4.90 Å². The van der Waals surface area contributed by atoms with Gasteiger partial charge in [0, 0.05) is 18.5 Å². The number of carbonyl (C=O) groups is 1. The van der Waals surface area contributed by atoms with Gasteiger partial charge in [-0.1, -0.05) is 30.3 Å². The molecule has 0 spiro atoms. The van der Waals surface area contributed by atoms with Gasteiger partial charge in [-0.05, 0) is 31.7 Å². The lowest BCUT2D eigenvalue weighted by atomic mass is 10.0. The van der Waals surface area contributed by atoms with Crippen molar-refractivity contribution in [2.45, 2.75) is 44.4 Å². The third-order valence-electron chi connectivity index (χ3n) is 4.57. The molecule has 4 unspecified atom stereocenters. The van der Waals surface area contributed by atoms with Gasteiger partial charge in [-0.15, -0.1) is 0 Å². The Hall–Kier alpha value is -1.39. The summed E-state index contributed by atoms with van der Waals surface area (Å²) in [7, 11) is 0. The number of morpholine rings is 1. The van der Waals surface area contributed by atoms with Crippen molar-refractivity contribution in [2.24, 2.45) is 11.7 Å². The molecule has 1 amide bonds. The molecule has 1 saturated carbocycles. The molecule has 1 saturated heterocycles. The average Bonchev–Trinajstić information content (AvgIpc) is 2.93. The molecule has 21 heavy (non-hydrogen) atoms. The minimum Gasteiger partial charge on any atom is -0.367 e. The number of benzene rings is 1. The van der Waals surface area contributed by atoms with E-state index < -0.39 is 0 Å². The first-order chi connectivity index (χ1) is 10.1. The summed E-state index contributed by atoms with van der Waals surface area (Å²) in [6.07, 6.45) is 2.79. The lowest BCUT2D eigenvalue weighted by Gasteiger charge is -2.38. The van der Waals surface area contributed by atoms with E-state index in [0.717, 1.165) is 24.8 Å². The molecule has 1 aliphatic heterocycles. The Labute approximate surface area is 126 Å². The van der Waals surface area contributed by atoms with Gasteiger partial charge < -0.3 is 15.4 Å². The topological polar surface area (TPSA) is 55.6 Å². The molecule has 2 aliphatic rings. The van der Waals surface area contributed by atoms with Crippen LogP contribution in [0.2, 0.25) is 0 Å². The van der Waals surface area contributed by atoms with Crippen molar-refractivity contribution in [3.63, 3.8) is 0 Å². The van der Waals surface area contributed by atoms with E-state index in [9.17, 15) is 4.79 Å². The lowest BCUT2D eigenvalue weighted by Crippen LogP contribution is -2.47. The van der Waals surface area contributed by atoms with Crippen molar-refractivity contribution in [2.75, 3.05) is 13.1 Å². The van der Waals surface area contributed by atoms with Crippen molar-refractivity contribution >= 4 is 5.91 Å². The number of rotatable bonds is 2. The highest BCUT2D eigenvalue weighted by Gasteiger charge is 2.35. The Morgan fingerprint density at radius 2 is 2.00 bits per heavy atom. The molecule has 1 aliphatic carbocycles. The monoisotopic (exact) mass is 288 g/mol. The Kier molecular flexibility index (Phi) is 4.27. The normalized spacial score (nSPS) is 33.1. The van der Waals surface area contributed by atoms with Crippen LogP contribution in [0.25, 0.3) is 0 Å². The predicted octanol–water partition coefficient (Wildman–Crippen LogP) is 2.10. The van der Waals surface area contributed by atoms with Crippen LogP contribution >= 0.6 is 0 Å². The maximum atomic E-state index is 12.7. The van der Waals surface area contributed by atoms with Gasteiger partial charge >= 0.3 is 0 Å². The second-order valence-electron chi connectivity index (χ2n) is 6.36. The van der Waals surface area contributed by atoms with E-state index in [-0.39, 0.29) is 30.1 Å². The SMILES string of the molecule is CC1CN(C(=O)C2CCC(N)C2)CC(c2ccccc2)O1. The van der Waals surface area contributed by atoms with E-state index in [1.165, 1.54) is 0 Å². The number of hydrogen-bond acceptors (Lipinski definition) is 3. The lowest BCUT2D eigenvalue weighted by molar-refractivity contribution is -0.148. The largest absolute Gasteiger partial charge is 0.367 e. The van der Waals surface area contributed by atoms with E-state index in [1.54, 1.807) is 0 Å². The Balaban J connectivity index is 1.70. The molecule has 1 aromatic carbocycles. The van der Waals surface area contributed by atoms with Crippen LogP contribution in [0.5, 0.6) is 0 Å². The van der Waals surface area contributed by atoms with Crippen LogP contribution < -0.4 is 5.73 Å². The number of nitrogens with zero attached hydrogens (tertiary/aromatic N) is 1. The zero-order valence-corrected chi connectivity index (χ0v) is 12.6. The summed E-state index contributed by atoms with van der Waals surface area (Å²) in [5.74, 6) is 0.376. The highest BCUT2D eigenvalue weighted by molar-refractivity contribution is 5.79. The standard InChI is InChI=1S/C17H24N2O2/c1-12-10-19(17(20)14-7-8-15(18)9-14)11-16(21-12)13-5-3-2-4-6-13/h2-6,12,14-16H,7-11,18H2,1H3. The van der Waals surface area contributed by atoms with Gasteiger partial charge in [0.05, 0.1) is 12.6 Å². The highest BCUT2D eigenvalue weighted by atomic mass is 16.5. The molecule has 2 fully saturated rings. The number of hydrogen-bond donors (Lipinski definition) is 1.